The molecule has 1 spiro atoms. The molecule has 0 aromatic carbocycles. The summed E-state index contributed by atoms with van der Waals surface area (Å²) in [6.07, 6.45) is -6.98. The van der Waals surface area contributed by atoms with E-state index in [0.29, 0.717) is 37.7 Å². The third-order valence-corrected chi connectivity index (χ3v) is 10.8. The number of ether oxygens (including phenoxy) is 2. The van der Waals surface area contributed by atoms with Crippen molar-refractivity contribution in [2.75, 3.05) is 6.61 Å². The highest BCUT2D eigenvalue weighted by atomic mass is 16.7. The van der Waals surface area contributed by atoms with Crippen LogP contribution in [0.3, 0.4) is 0 Å². The third-order valence-electron chi connectivity index (χ3n) is 10.8. The normalized spacial score (nSPS) is 56.7. The maximum Gasteiger partial charge on any atom is 0.309 e. The van der Waals surface area contributed by atoms with Crippen LogP contribution in [-0.4, -0.2) is 97.3 Å². The van der Waals surface area contributed by atoms with Crippen molar-refractivity contribution in [3.8, 4) is 0 Å². The van der Waals surface area contributed by atoms with Crippen LogP contribution in [0.2, 0.25) is 0 Å². The maximum atomic E-state index is 12.6. The fraction of sp³-hybridized carbons (Fsp3) is 0.885. The first-order valence-corrected chi connectivity index (χ1v) is 13.1. The number of carbonyl (C=O) groups is 1. The number of fused-ring (bicyclic) bond motifs is 3. The number of aliphatic hydroxyl groups is 6. The number of hydrogen-bond donors (Lipinski definition) is 7. The number of hydrogen-bond acceptors (Lipinski definition) is 9. The first-order valence-electron chi connectivity index (χ1n) is 13.1. The van der Waals surface area contributed by atoms with Gasteiger partial charge in [-0.1, -0.05) is 19.9 Å². The van der Waals surface area contributed by atoms with Crippen LogP contribution < -0.4 is 0 Å². The average Bonchev–Trinajstić information content (AvgIpc) is 3.01. The fourth-order valence-electron chi connectivity index (χ4n) is 9.14. The maximum absolute atomic E-state index is 12.6. The van der Waals surface area contributed by atoms with Crippen LogP contribution in [0, 0.1) is 34.0 Å². The van der Waals surface area contributed by atoms with E-state index in [1.54, 1.807) is 6.92 Å². The zero-order valence-electron chi connectivity index (χ0n) is 20.9. The average molecular weight is 513 g/mol. The summed E-state index contributed by atoms with van der Waals surface area (Å²) in [5, 5.41) is 74.3. The zero-order chi connectivity index (χ0) is 26.4. The Morgan fingerprint density at radius 1 is 1.08 bits per heavy atom. The molecule has 4 aliphatic carbocycles. The van der Waals surface area contributed by atoms with E-state index in [0.717, 1.165) is 0 Å². The van der Waals surface area contributed by atoms with Crippen LogP contribution in [0.15, 0.2) is 12.2 Å². The highest BCUT2D eigenvalue weighted by molar-refractivity contribution is 5.75. The van der Waals surface area contributed by atoms with Gasteiger partial charge in [0.2, 0.25) is 0 Å². The van der Waals surface area contributed by atoms with Crippen molar-refractivity contribution < 1.29 is 50.0 Å². The first-order chi connectivity index (χ1) is 16.8. The van der Waals surface area contributed by atoms with Crippen LogP contribution in [0.1, 0.15) is 52.4 Å². The molecule has 36 heavy (non-hydrogen) atoms. The molecule has 10 heteroatoms. The lowest BCUT2D eigenvalue weighted by molar-refractivity contribution is -0.344. The second kappa shape index (κ2) is 8.71. The minimum Gasteiger partial charge on any atom is -0.481 e. The highest BCUT2D eigenvalue weighted by Gasteiger charge is 2.73. The van der Waals surface area contributed by atoms with Gasteiger partial charge < -0.3 is 45.2 Å². The van der Waals surface area contributed by atoms with Gasteiger partial charge in [0.05, 0.1) is 30.3 Å². The monoisotopic (exact) mass is 512 g/mol. The number of carboxylic acids is 1. The quantitative estimate of drug-likeness (QED) is 0.197. The van der Waals surface area contributed by atoms with Crippen molar-refractivity contribution in [2.45, 2.75) is 101 Å². The van der Waals surface area contributed by atoms with Crippen LogP contribution in [-0.2, 0) is 14.3 Å². The highest BCUT2D eigenvalue weighted by Crippen LogP contribution is 2.72. The van der Waals surface area contributed by atoms with Crippen molar-refractivity contribution in [3.63, 3.8) is 0 Å². The van der Waals surface area contributed by atoms with Crippen molar-refractivity contribution in [1.29, 1.82) is 0 Å². The van der Waals surface area contributed by atoms with Gasteiger partial charge in [-0.3, -0.25) is 4.79 Å². The van der Waals surface area contributed by atoms with E-state index in [2.05, 4.69) is 6.58 Å². The summed E-state index contributed by atoms with van der Waals surface area (Å²) in [6, 6.07) is 0. The van der Waals surface area contributed by atoms with E-state index >= 15 is 0 Å². The van der Waals surface area contributed by atoms with Crippen molar-refractivity contribution in [1.82, 2.24) is 0 Å². The van der Waals surface area contributed by atoms with E-state index in [1.807, 2.05) is 6.92 Å². The Labute approximate surface area is 210 Å². The Kier molecular flexibility index (Phi) is 6.41. The number of carboxylic acid groups (broad SMARTS) is 1. The predicted molar refractivity (Wildman–Crippen MR) is 124 cm³/mol. The van der Waals surface area contributed by atoms with Crippen molar-refractivity contribution in [3.05, 3.63) is 12.2 Å². The fourth-order valence-corrected chi connectivity index (χ4v) is 9.14. The topological polar surface area (TPSA) is 177 Å². The second-order valence-corrected chi connectivity index (χ2v) is 12.5. The van der Waals surface area contributed by atoms with Crippen LogP contribution in [0.5, 0.6) is 0 Å². The Hall–Kier alpha value is -1.11. The molecule has 2 bridgehead atoms. The third kappa shape index (κ3) is 3.35. The summed E-state index contributed by atoms with van der Waals surface area (Å²) in [6.45, 7) is 7.29. The van der Waals surface area contributed by atoms with E-state index in [9.17, 15) is 40.5 Å². The van der Waals surface area contributed by atoms with Crippen LogP contribution in [0.4, 0.5) is 0 Å². The molecule has 4 saturated carbocycles. The molecule has 14 atom stereocenters. The largest absolute Gasteiger partial charge is 0.481 e. The molecule has 5 aliphatic rings. The number of aliphatic carboxylic acids is 1. The van der Waals surface area contributed by atoms with Gasteiger partial charge in [0.15, 0.2) is 6.29 Å². The summed E-state index contributed by atoms with van der Waals surface area (Å²) in [7, 11) is 0. The standard InChI is InChI=1S/C26H40O10/c1-11-12-7-13(28)20-24(2)5-4-6-25(3,23(33)34)15(24)8-16(26(20,9-12)21(11)32)36-22-19(31)18(30)17(29)14(10-27)35-22/h12-22,27-32H,1,4-10H2,2-3H3,(H,33,34)/t12-,13-,14-,15?,16+,17-,18+,19-,20?,21+,22+,24-,25-,26+/m1/s1. The van der Waals surface area contributed by atoms with Crippen molar-refractivity contribution in [2.24, 2.45) is 34.0 Å². The molecule has 0 amide bonds. The lowest BCUT2D eigenvalue weighted by Gasteiger charge is -2.67. The summed E-state index contributed by atoms with van der Waals surface area (Å²) in [5.41, 5.74) is -2.03. The smallest absolute Gasteiger partial charge is 0.309 e. The first kappa shape index (κ1) is 26.5. The molecule has 204 valence electrons. The SMILES string of the molecule is C=C1[C@@H]2C[C@@H](O)C3[C@]4(C)CCC[C@@](C)(C(=O)O)C4C[C@H](O[C@@H]4O[C@H](CO)[C@@H](O)[C@H](O)[C@H]4O)[C@]3(C2)[C@H]1O. The Morgan fingerprint density at radius 3 is 2.42 bits per heavy atom. The molecular formula is C26H40O10. The van der Waals surface area contributed by atoms with E-state index in [-0.39, 0.29) is 12.3 Å². The Balaban J connectivity index is 1.60. The second-order valence-electron chi connectivity index (χ2n) is 12.5. The molecule has 2 unspecified atom stereocenters. The van der Waals surface area contributed by atoms with Gasteiger partial charge in [0.1, 0.15) is 24.4 Å². The van der Waals surface area contributed by atoms with Crippen LogP contribution in [0.25, 0.3) is 0 Å². The van der Waals surface area contributed by atoms with Gasteiger partial charge in [-0.2, -0.15) is 0 Å². The molecule has 1 aliphatic heterocycles. The molecule has 5 rings (SSSR count). The number of aliphatic hydroxyl groups excluding tert-OH is 6. The minimum atomic E-state index is -1.63. The summed E-state index contributed by atoms with van der Waals surface area (Å²) < 4.78 is 12.0. The zero-order valence-corrected chi connectivity index (χ0v) is 20.9. The van der Waals surface area contributed by atoms with Crippen molar-refractivity contribution >= 4 is 5.97 Å². The van der Waals surface area contributed by atoms with Gasteiger partial charge in [-0.05, 0) is 61.9 Å². The molecule has 0 aromatic rings. The molecule has 5 fully saturated rings. The van der Waals surface area contributed by atoms with Gasteiger partial charge in [-0.25, -0.2) is 0 Å². The molecule has 7 N–H and O–H groups in total. The Morgan fingerprint density at radius 2 is 1.78 bits per heavy atom. The van der Waals surface area contributed by atoms with Gasteiger partial charge in [0.25, 0.3) is 0 Å². The molecule has 10 nitrogen and oxygen atoms in total. The summed E-state index contributed by atoms with van der Waals surface area (Å²) in [4.78, 5) is 12.6. The Bertz CT molecular complexity index is 909. The summed E-state index contributed by atoms with van der Waals surface area (Å²) >= 11 is 0. The molecule has 1 heterocycles. The van der Waals surface area contributed by atoms with E-state index in [4.69, 9.17) is 9.47 Å². The molecule has 1 saturated heterocycles. The van der Waals surface area contributed by atoms with E-state index < -0.39 is 89.7 Å². The summed E-state index contributed by atoms with van der Waals surface area (Å²) in [5.74, 6) is -1.92. The lowest BCUT2D eigenvalue weighted by Crippen LogP contribution is -2.69. The molecule has 0 aromatic heterocycles. The van der Waals surface area contributed by atoms with Gasteiger partial charge in [-0.15, -0.1) is 0 Å². The number of rotatable bonds is 4. The predicted octanol–water partition coefficient (Wildman–Crippen LogP) is -0.223. The molecule has 0 radical (unpaired) electrons. The van der Waals surface area contributed by atoms with E-state index in [1.165, 1.54) is 0 Å². The minimum absolute atomic E-state index is 0.123. The molecular weight excluding hydrogens is 472 g/mol. The van der Waals surface area contributed by atoms with Gasteiger partial charge in [0, 0.05) is 11.3 Å². The van der Waals surface area contributed by atoms with Gasteiger partial charge >= 0.3 is 5.97 Å². The van der Waals surface area contributed by atoms with Crippen LogP contribution >= 0.6 is 0 Å². The lowest BCUT2D eigenvalue weighted by atomic mass is 9.39.